The molecule has 37 heavy (non-hydrogen) atoms. The monoisotopic (exact) mass is 545 g/mol. The number of anilines is 1. The van der Waals surface area contributed by atoms with Gasteiger partial charge >= 0.3 is 6.03 Å². The largest absolute Gasteiger partial charge is 0.338 e. The van der Waals surface area contributed by atoms with Gasteiger partial charge in [-0.3, -0.25) is 9.69 Å². The highest BCUT2D eigenvalue weighted by molar-refractivity contribution is 7.90. The Hall–Kier alpha value is -3.50. The number of carbonyl (C=O) groups is 2. The van der Waals surface area contributed by atoms with Crippen LogP contribution in [-0.4, -0.2) is 42.7 Å². The minimum atomic E-state index is -4.15. The van der Waals surface area contributed by atoms with Crippen molar-refractivity contribution >= 4 is 39.2 Å². The van der Waals surface area contributed by atoms with E-state index in [2.05, 4.69) is 0 Å². The summed E-state index contributed by atoms with van der Waals surface area (Å²) in [6.45, 7) is 0.445. The topological polar surface area (TPSA) is 78.0 Å². The van der Waals surface area contributed by atoms with E-state index in [-0.39, 0.29) is 53.5 Å². The number of amides is 3. The summed E-state index contributed by atoms with van der Waals surface area (Å²) in [7, 11) is -4.15. The summed E-state index contributed by atoms with van der Waals surface area (Å²) in [4.78, 5) is 29.2. The predicted molar refractivity (Wildman–Crippen MR) is 133 cm³/mol. The number of halogens is 3. The SMILES string of the molecule is O=C1CC(CN2C(=O)N(Cc3ccc(F)cc3)S(=O)(=O)c3ccccc32)CN1Cc1ccc(F)c(Cl)c1. The molecule has 1 saturated heterocycles. The number of hydrogen-bond donors (Lipinski definition) is 0. The highest BCUT2D eigenvalue weighted by atomic mass is 35.5. The number of sulfonamides is 1. The van der Waals surface area contributed by atoms with Gasteiger partial charge in [0.15, 0.2) is 0 Å². The van der Waals surface area contributed by atoms with E-state index in [1.54, 1.807) is 29.2 Å². The van der Waals surface area contributed by atoms with Crippen molar-refractivity contribution in [3.05, 3.63) is 94.5 Å². The molecule has 192 valence electrons. The third-order valence-corrected chi connectivity index (χ3v) is 8.56. The summed E-state index contributed by atoms with van der Waals surface area (Å²) in [5, 5.41) is -0.0290. The van der Waals surface area contributed by atoms with Crippen LogP contribution in [0, 0.1) is 17.6 Å². The van der Waals surface area contributed by atoms with Crippen LogP contribution in [0.2, 0.25) is 5.02 Å². The van der Waals surface area contributed by atoms with Gasteiger partial charge in [0, 0.05) is 32.0 Å². The highest BCUT2D eigenvalue weighted by Gasteiger charge is 2.43. The number of likely N-dealkylation sites (tertiary alicyclic amines) is 1. The van der Waals surface area contributed by atoms with Crippen LogP contribution < -0.4 is 4.90 Å². The summed E-state index contributed by atoms with van der Waals surface area (Å²) in [5.74, 6) is -1.40. The summed E-state index contributed by atoms with van der Waals surface area (Å²) >= 11 is 5.86. The van der Waals surface area contributed by atoms with Crippen molar-refractivity contribution in [1.29, 1.82) is 0 Å². The number of benzene rings is 3. The van der Waals surface area contributed by atoms with Crippen molar-refractivity contribution in [3.63, 3.8) is 0 Å². The second-order valence-corrected chi connectivity index (χ2v) is 11.3. The first-order valence-electron chi connectivity index (χ1n) is 11.5. The summed E-state index contributed by atoms with van der Waals surface area (Å²) < 4.78 is 54.3. The molecule has 5 rings (SSSR count). The maximum atomic E-state index is 13.5. The van der Waals surface area contributed by atoms with E-state index in [9.17, 15) is 26.8 Å². The molecule has 0 radical (unpaired) electrons. The molecule has 2 heterocycles. The summed E-state index contributed by atoms with van der Waals surface area (Å²) in [5.41, 5.74) is 1.38. The minimum absolute atomic E-state index is 0.0150. The predicted octanol–water partition coefficient (Wildman–Crippen LogP) is 4.80. The molecule has 1 fully saturated rings. The third kappa shape index (κ3) is 4.91. The van der Waals surface area contributed by atoms with Crippen molar-refractivity contribution in [3.8, 4) is 0 Å². The lowest BCUT2D eigenvalue weighted by atomic mass is 10.1. The van der Waals surface area contributed by atoms with Crippen LogP contribution >= 0.6 is 11.6 Å². The molecule has 2 aliphatic heterocycles. The molecule has 3 aromatic carbocycles. The smallest absolute Gasteiger partial charge is 0.338 e. The van der Waals surface area contributed by atoms with Gasteiger partial charge < -0.3 is 4.90 Å². The Kier molecular flexibility index (Phi) is 6.63. The van der Waals surface area contributed by atoms with Crippen LogP contribution in [0.15, 0.2) is 71.6 Å². The van der Waals surface area contributed by atoms with Crippen LogP contribution in [0.25, 0.3) is 0 Å². The Labute approximate surface area is 217 Å². The van der Waals surface area contributed by atoms with Gasteiger partial charge in [0.25, 0.3) is 10.0 Å². The van der Waals surface area contributed by atoms with Crippen molar-refractivity contribution < 1.29 is 26.8 Å². The van der Waals surface area contributed by atoms with Gasteiger partial charge in [0.2, 0.25) is 5.91 Å². The van der Waals surface area contributed by atoms with Gasteiger partial charge in [-0.25, -0.2) is 26.3 Å². The molecule has 1 unspecified atom stereocenters. The second-order valence-electron chi connectivity index (χ2n) is 9.09. The zero-order valence-electron chi connectivity index (χ0n) is 19.5. The van der Waals surface area contributed by atoms with Crippen LogP contribution in [0.4, 0.5) is 19.3 Å². The van der Waals surface area contributed by atoms with Gasteiger partial charge in [0.1, 0.15) is 16.5 Å². The summed E-state index contributed by atoms with van der Waals surface area (Å²) in [6.07, 6.45) is 0.172. The van der Waals surface area contributed by atoms with Gasteiger partial charge in [-0.05, 0) is 47.5 Å². The molecule has 0 saturated carbocycles. The molecule has 0 N–H and O–H groups in total. The van der Waals surface area contributed by atoms with E-state index in [0.29, 0.717) is 17.7 Å². The molecule has 0 aliphatic carbocycles. The van der Waals surface area contributed by atoms with E-state index < -0.39 is 27.7 Å². The van der Waals surface area contributed by atoms with Gasteiger partial charge in [-0.15, -0.1) is 0 Å². The maximum absolute atomic E-state index is 13.5. The molecule has 3 aromatic rings. The molecule has 3 amide bonds. The number of urea groups is 1. The maximum Gasteiger partial charge on any atom is 0.338 e. The molecule has 0 spiro atoms. The number of rotatable bonds is 6. The number of fused-ring (bicyclic) bond motifs is 1. The molecule has 2 aliphatic rings. The lowest BCUT2D eigenvalue weighted by Gasteiger charge is -2.37. The second kappa shape index (κ2) is 9.75. The highest BCUT2D eigenvalue weighted by Crippen LogP contribution is 2.36. The Morgan fingerprint density at radius 1 is 0.919 bits per heavy atom. The standard InChI is InChI=1S/C26H22ClF2N3O4S/c27-21-11-18(7-10-22(21)29)13-30-14-19(12-25(30)33)15-31-23-3-1-2-4-24(23)37(35,36)32(26(31)34)16-17-5-8-20(28)9-6-17/h1-11,19H,12-16H2. The normalized spacial score (nSPS) is 18.9. The van der Waals surface area contributed by atoms with E-state index in [0.717, 1.165) is 4.31 Å². The van der Waals surface area contributed by atoms with Crippen LogP contribution in [0.3, 0.4) is 0 Å². The lowest BCUT2D eigenvalue weighted by molar-refractivity contribution is -0.128. The van der Waals surface area contributed by atoms with Crippen molar-refractivity contribution in [2.75, 3.05) is 18.0 Å². The zero-order chi connectivity index (χ0) is 26.3. The molecule has 1 atom stereocenters. The first-order valence-corrected chi connectivity index (χ1v) is 13.3. The average molecular weight is 546 g/mol. The van der Waals surface area contributed by atoms with Crippen LogP contribution in [-0.2, 0) is 27.9 Å². The van der Waals surface area contributed by atoms with Gasteiger partial charge in [-0.1, -0.05) is 41.9 Å². The first-order chi connectivity index (χ1) is 17.6. The fourth-order valence-corrected chi connectivity index (χ4v) is 6.44. The Morgan fingerprint density at radius 2 is 1.62 bits per heavy atom. The Morgan fingerprint density at radius 3 is 2.35 bits per heavy atom. The minimum Gasteiger partial charge on any atom is -0.338 e. The van der Waals surface area contributed by atoms with Gasteiger partial charge in [-0.2, -0.15) is 0 Å². The quantitative estimate of drug-likeness (QED) is 0.446. The van der Waals surface area contributed by atoms with E-state index in [1.165, 1.54) is 47.4 Å². The first kappa shape index (κ1) is 25.2. The molecule has 11 heteroatoms. The average Bonchev–Trinajstić information content (AvgIpc) is 3.21. The molecule has 0 bridgehead atoms. The number of hydrogen-bond acceptors (Lipinski definition) is 4. The molecule has 0 aromatic heterocycles. The van der Waals surface area contributed by atoms with E-state index in [1.807, 2.05) is 0 Å². The number of carbonyl (C=O) groups excluding carboxylic acids is 2. The summed E-state index contributed by atoms with van der Waals surface area (Å²) in [6, 6.07) is 15.0. The Balaban J connectivity index is 1.38. The molecular weight excluding hydrogens is 524 g/mol. The number of para-hydroxylation sites is 1. The Bertz CT molecular complexity index is 1480. The fraction of sp³-hybridized carbons (Fsp3) is 0.231. The lowest BCUT2D eigenvalue weighted by Crippen LogP contribution is -2.51. The zero-order valence-corrected chi connectivity index (χ0v) is 21.1. The van der Waals surface area contributed by atoms with E-state index >= 15 is 0 Å². The molecule has 7 nitrogen and oxygen atoms in total. The van der Waals surface area contributed by atoms with Crippen LogP contribution in [0.1, 0.15) is 17.5 Å². The number of nitrogens with zero attached hydrogens (tertiary/aromatic N) is 3. The van der Waals surface area contributed by atoms with Crippen molar-refractivity contribution in [1.82, 2.24) is 9.21 Å². The van der Waals surface area contributed by atoms with Crippen molar-refractivity contribution in [2.45, 2.75) is 24.4 Å². The third-order valence-electron chi connectivity index (χ3n) is 6.50. The molecular formula is C26H22ClF2N3O4S. The fourth-order valence-electron chi connectivity index (χ4n) is 4.69. The van der Waals surface area contributed by atoms with Gasteiger partial charge in [0.05, 0.1) is 17.3 Å². The van der Waals surface area contributed by atoms with Crippen molar-refractivity contribution in [2.24, 2.45) is 5.92 Å². The van der Waals surface area contributed by atoms with E-state index in [4.69, 9.17) is 11.6 Å². The van der Waals surface area contributed by atoms with Crippen LogP contribution in [0.5, 0.6) is 0 Å².